The van der Waals surface area contributed by atoms with Crippen molar-refractivity contribution in [3.8, 4) is 0 Å². The Balaban J connectivity index is 2.11. The number of carbonyl (C=O) groups is 2. The second-order valence-electron chi connectivity index (χ2n) is 9.03. The monoisotopic (exact) mass is 423 g/mol. The Morgan fingerprint density at radius 2 is 1.87 bits per heavy atom. The lowest BCUT2D eigenvalue weighted by Gasteiger charge is -2.32. The molecule has 1 aromatic carbocycles. The van der Waals surface area contributed by atoms with E-state index in [4.69, 9.17) is 4.65 Å². The molecule has 0 aromatic heterocycles. The van der Waals surface area contributed by atoms with Crippen molar-refractivity contribution in [1.82, 2.24) is 10.6 Å². The second kappa shape index (κ2) is 11.3. The largest absolute Gasteiger partial charge is 0.433 e. The van der Waals surface area contributed by atoms with E-state index in [9.17, 15) is 9.59 Å². The van der Waals surface area contributed by atoms with Gasteiger partial charge in [0.25, 0.3) is 0 Å². The summed E-state index contributed by atoms with van der Waals surface area (Å²) in [5.74, 6) is -0.422. The molecule has 2 amide bonds. The highest BCUT2D eigenvalue weighted by atomic mass is 16.5. The fourth-order valence-electron chi connectivity index (χ4n) is 3.28. The molecule has 1 radical (unpaired) electrons. The Morgan fingerprint density at radius 3 is 2.45 bits per heavy atom. The number of benzene rings is 1. The summed E-state index contributed by atoms with van der Waals surface area (Å²) in [6.45, 7) is 12.6. The van der Waals surface area contributed by atoms with Gasteiger partial charge in [-0.1, -0.05) is 63.3 Å². The van der Waals surface area contributed by atoms with E-state index in [1.165, 1.54) is 11.1 Å². The molecule has 1 aliphatic carbocycles. The van der Waals surface area contributed by atoms with E-state index in [0.717, 1.165) is 12.0 Å². The number of hydrogen-bond acceptors (Lipinski definition) is 3. The molecule has 6 heteroatoms. The zero-order chi connectivity index (χ0) is 23.0. The SMILES string of the molecule is CCNC(=O)C[C@@H]([B]OC(C)(C)C(C)C)NC(=O)C1=CC=C(c2ccccc2)CC1C. The Bertz CT molecular complexity index is 815. The average Bonchev–Trinajstić information content (AvgIpc) is 2.72. The smallest absolute Gasteiger partial charge is 0.317 e. The summed E-state index contributed by atoms with van der Waals surface area (Å²) in [5, 5.41) is 5.79. The summed E-state index contributed by atoms with van der Waals surface area (Å²) in [6, 6.07) is 10.2. The van der Waals surface area contributed by atoms with Crippen molar-refractivity contribution in [2.75, 3.05) is 6.54 Å². The Morgan fingerprint density at radius 1 is 1.19 bits per heavy atom. The minimum Gasteiger partial charge on any atom is -0.433 e. The van der Waals surface area contributed by atoms with Gasteiger partial charge in [0, 0.05) is 30.1 Å². The first-order valence-electron chi connectivity index (χ1n) is 11.2. The normalized spacial score (nSPS) is 17.5. The van der Waals surface area contributed by atoms with Crippen LogP contribution >= 0.6 is 0 Å². The second-order valence-corrected chi connectivity index (χ2v) is 9.03. The standard InChI is InChI=1S/C25H36BN2O3/c1-7-27-23(29)16-22(26-31-25(5,6)17(2)3)28-24(30)21-14-13-20(15-18(21)4)19-11-9-8-10-12-19/h8-14,17-18,22H,7,15-16H2,1-6H3,(H,27,29)(H,28,30)/t18?,22-/m0/s1. The van der Waals surface area contributed by atoms with Crippen molar-refractivity contribution in [2.24, 2.45) is 11.8 Å². The molecule has 2 atom stereocenters. The van der Waals surface area contributed by atoms with Crippen LogP contribution in [-0.4, -0.2) is 37.4 Å². The molecular formula is C25H36BN2O3. The molecule has 1 unspecified atom stereocenters. The maximum Gasteiger partial charge on any atom is 0.317 e. The highest BCUT2D eigenvalue weighted by Gasteiger charge is 2.29. The summed E-state index contributed by atoms with van der Waals surface area (Å²) >= 11 is 0. The molecule has 1 aliphatic rings. The molecule has 0 bridgehead atoms. The first-order valence-corrected chi connectivity index (χ1v) is 11.2. The van der Waals surface area contributed by atoms with Crippen molar-refractivity contribution in [1.29, 1.82) is 0 Å². The quantitative estimate of drug-likeness (QED) is 0.558. The molecule has 0 saturated heterocycles. The number of carbonyl (C=O) groups excluding carboxylic acids is 2. The predicted molar refractivity (Wildman–Crippen MR) is 127 cm³/mol. The zero-order valence-electron chi connectivity index (χ0n) is 19.7. The van der Waals surface area contributed by atoms with Gasteiger partial charge in [0.1, 0.15) is 0 Å². The van der Waals surface area contributed by atoms with Crippen LogP contribution in [0.25, 0.3) is 5.57 Å². The van der Waals surface area contributed by atoms with Crippen LogP contribution in [0.4, 0.5) is 0 Å². The third-order valence-electron chi connectivity index (χ3n) is 5.95. The van der Waals surface area contributed by atoms with Crippen LogP contribution in [0.3, 0.4) is 0 Å². The molecule has 2 rings (SSSR count). The first kappa shape index (κ1) is 24.9. The van der Waals surface area contributed by atoms with E-state index in [2.05, 4.69) is 43.5 Å². The number of nitrogens with one attached hydrogen (secondary N) is 2. The molecule has 0 fully saturated rings. The van der Waals surface area contributed by atoms with Crippen molar-refractivity contribution in [3.05, 3.63) is 53.6 Å². The summed E-state index contributed by atoms with van der Waals surface area (Å²) in [7, 11) is 1.60. The lowest BCUT2D eigenvalue weighted by Crippen LogP contribution is -2.47. The molecule has 0 saturated carbocycles. The molecule has 31 heavy (non-hydrogen) atoms. The predicted octanol–water partition coefficient (Wildman–Crippen LogP) is 4.08. The van der Waals surface area contributed by atoms with E-state index in [-0.39, 0.29) is 30.1 Å². The van der Waals surface area contributed by atoms with Crippen LogP contribution < -0.4 is 10.6 Å². The van der Waals surface area contributed by atoms with E-state index < -0.39 is 11.5 Å². The Kier molecular flexibility index (Phi) is 9.11. The first-order chi connectivity index (χ1) is 14.6. The summed E-state index contributed by atoms with van der Waals surface area (Å²) in [5.41, 5.74) is 2.72. The van der Waals surface area contributed by atoms with Crippen molar-refractivity contribution in [3.63, 3.8) is 0 Å². The third kappa shape index (κ3) is 7.39. The van der Waals surface area contributed by atoms with Crippen LogP contribution in [0.2, 0.25) is 0 Å². The van der Waals surface area contributed by atoms with Crippen LogP contribution in [0.15, 0.2) is 48.1 Å². The van der Waals surface area contributed by atoms with Crippen molar-refractivity contribution in [2.45, 2.75) is 65.9 Å². The van der Waals surface area contributed by atoms with Crippen LogP contribution in [0.5, 0.6) is 0 Å². The molecule has 5 nitrogen and oxygen atoms in total. The maximum atomic E-state index is 13.0. The van der Waals surface area contributed by atoms with Gasteiger partial charge < -0.3 is 15.3 Å². The Labute approximate surface area is 188 Å². The summed E-state index contributed by atoms with van der Waals surface area (Å²) in [6.07, 6.45) is 4.85. The van der Waals surface area contributed by atoms with Gasteiger partial charge in [-0.3, -0.25) is 9.59 Å². The van der Waals surface area contributed by atoms with E-state index in [1.807, 2.05) is 51.1 Å². The maximum absolute atomic E-state index is 13.0. The number of allylic oxidation sites excluding steroid dienone is 3. The highest BCUT2D eigenvalue weighted by Crippen LogP contribution is 2.31. The van der Waals surface area contributed by atoms with Gasteiger partial charge >= 0.3 is 7.48 Å². The summed E-state index contributed by atoms with van der Waals surface area (Å²) < 4.78 is 5.97. The van der Waals surface area contributed by atoms with Crippen LogP contribution in [0.1, 0.15) is 59.9 Å². The minimum atomic E-state index is -0.510. The Hall–Kier alpha value is -2.34. The van der Waals surface area contributed by atoms with Crippen LogP contribution in [-0.2, 0) is 14.2 Å². The van der Waals surface area contributed by atoms with Gasteiger partial charge in [-0.2, -0.15) is 0 Å². The average molecular weight is 423 g/mol. The topological polar surface area (TPSA) is 67.4 Å². The highest BCUT2D eigenvalue weighted by molar-refractivity contribution is 6.31. The molecular weight excluding hydrogens is 387 g/mol. The van der Waals surface area contributed by atoms with Gasteiger partial charge in [0.2, 0.25) is 11.8 Å². The zero-order valence-corrected chi connectivity index (χ0v) is 19.7. The molecule has 1 aromatic rings. The van der Waals surface area contributed by atoms with Gasteiger partial charge in [0.15, 0.2) is 0 Å². The molecule has 0 aliphatic heterocycles. The van der Waals surface area contributed by atoms with Gasteiger partial charge in [-0.05, 0) is 50.2 Å². The van der Waals surface area contributed by atoms with Crippen molar-refractivity contribution >= 4 is 24.9 Å². The summed E-state index contributed by atoms with van der Waals surface area (Å²) in [4.78, 5) is 25.2. The molecule has 0 spiro atoms. The lowest BCUT2D eigenvalue weighted by atomic mass is 9.80. The third-order valence-corrected chi connectivity index (χ3v) is 5.95. The molecule has 0 heterocycles. The number of hydrogen-bond donors (Lipinski definition) is 2. The van der Waals surface area contributed by atoms with E-state index in [1.54, 1.807) is 7.48 Å². The van der Waals surface area contributed by atoms with Gasteiger partial charge in [-0.25, -0.2) is 0 Å². The van der Waals surface area contributed by atoms with E-state index in [0.29, 0.717) is 6.54 Å². The van der Waals surface area contributed by atoms with Gasteiger partial charge in [0.05, 0.1) is 0 Å². The van der Waals surface area contributed by atoms with E-state index >= 15 is 0 Å². The fraction of sp³-hybridized carbons (Fsp3) is 0.520. The molecule has 2 N–H and O–H groups in total. The lowest BCUT2D eigenvalue weighted by molar-refractivity contribution is -0.121. The van der Waals surface area contributed by atoms with Gasteiger partial charge in [-0.15, -0.1) is 0 Å². The van der Waals surface area contributed by atoms with Crippen LogP contribution in [0, 0.1) is 11.8 Å². The molecule has 167 valence electrons. The minimum absolute atomic E-state index is 0.0818. The van der Waals surface area contributed by atoms with Crippen molar-refractivity contribution < 1.29 is 14.2 Å². The number of rotatable bonds is 10. The fourth-order valence-corrected chi connectivity index (χ4v) is 3.28. The number of amides is 2.